The Morgan fingerprint density at radius 3 is 2.64 bits per heavy atom. The highest BCUT2D eigenvalue weighted by molar-refractivity contribution is 7.19. The zero-order valence-electron chi connectivity index (χ0n) is 20.0. The fourth-order valence-electron chi connectivity index (χ4n) is 5.02. The Balaban J connectivity index is 1.40. The number of piperazine rings is 1. The summed E-state index contributed by atoms with van der Waals surface area (Å²) in [4.78, 5) is 30.2. The van der Waals surface area contributed by atoms with Crippen LogP contribution >= 0.6 is 11.3 Å². The third-order valence-corrected chi connectivity index (χ3v) is 8.48. The van der Waals surface area contributed by atoms with Gasteiger partial charge in [-0.15, -0.1) is 11.3 Å². The molecule has 5 nitrogen and oxygen atoms in total. The molecule has 0 unspecified atom stereocenters. The smallest absolute Gasteiger partial charge is 0.227 e. The fourth-order valence-corrected chi connectivity index (χ4v) is 6.41. The molecule has 33 heavy (non-hydrogen) atoms. The van der Waals surface area contributed by atoms with E-state index in [4.69, 9.17) is 9.97 Å². The molecule has 1 fully saturated rings. The van der Waals surface area contributed by atoms with E-state index in [9.17, 15) is 4.79 Å². The Bertz CT molecular complexity index is 1130. The third kappa shape index (κ3) is 4.50. The second kappa shape index (κ2) is 9.41. The van der Waals surface area contributed by atoms with Crippen LogP contribution < -0.4 is 4.90 Å². The van der Waals surface area contributed by atoms with E-state index in [0.717, 1.165) is 73.4 Å². The Labute approximate surface area is 200 Å². The fraction of sp³-hybridized carbons (Fsp3) is 0.519. The van der Waals surface area contributed by atoms with Gasteiger partial charge >= 0.3 is 0 Å². The molecule has 3 aromatic rings. The number of aromatic nitrogens is 2. The van der Waals surface area contributed by atoms with Crippen LogP contribution in [0.2, 0.25) is 0 Å². The normalized spacial score (nSPS) is 19.5. The summed E-state index contributed by atoms with van der Waals surface area (Å²) in [5.74, 6) is 3.39. The maximum Gasteiger partial charge on any atom is 0.227 e. The number of anilines is 1. The van der Waals surface area contributed by atoms with Crippen molar-refractivity contribution in [2.45, 2.75) is 58.8 Å². The summed E-state index contributed by atoms with van der Waals surface area (Å²) in [5, 5.41) is 1.29. The van der Waals surface area contributed by atoms with Crippen LogP contribution in [0.4, 0.5) is 5.82 Å². The zero-order valence-corrected chi connectivity index (χ0v) is 20.8. The summed E-state index contributed by atoms with van der Waals surface area (Å²) < 4.78 is 0. The van der Waals surface area contributed by atoms with Gasteiger partial charge in [0.05, 0.1) is 11.8 Å². The van der Waals surface area contributed by atoms with Gasteiger partial charge in [-0.2, -0.15) is 0 Å². The van der Waals surface area contributed by atoms with Gasteiger partial charge in [-0.25, -0.2) is 9.97 Å². The van der Waals surface area contributed by atoms with E-state index in [1.807, 2.05) is 46.6 Å². The zero-order chi connectivity index (χ0) is 22.9. The Kier molecular flexibility index (Phi) is 6.37. The number of hydrogen-bond acceptors (Lipinski definition) is 5. The van der Waals surface area contributed by atoms with Crippen molar-refractivity contribution in [3.63, 3.8) is 0 Å². The molecule has 1 aliphatic heterocycles. The molecule has 0 spiro atoms. The van der Waals surface area contributed by atoms with Gasteiger partial charge in [0.15, 0.2) is 0 Å². The van der Waals surface area contributed by atoms with Crippen LogP contribution in [0.25, 0.3) is 10.2 Å². The molecule has 0 saturated carbocycles. The minimum Gasteiger partial charge on any atom is -0.352 e. The molecule has 2 aromatic heterocycles. The predicted molar refractivity (Wildman–Crippen MR) is 136 cm³/mol. The number of fused-ring (bicyclic) bond motifs is 3. The molecule has 3 heterocycles. The van der Waals surface area contributed by atoms with Crippen molar-refractivity contribution in [2.75, 3.05) is 31.1 Å². The molecule has 1 aromatic carbocycles. The first-order chi connectivity index (χ1) is 16.0. The predicted octanol–water partition coefficient (Wildman–Crippen LogP) is 5.22. The molecule has 5 rings (SSSR count). The minimum absolute atomic E-state index is 0.218. The molecule has 0 radical (unpaired) electrons. The number of thiophene rings is 1. The molecule has 0 N–H and O–H groups in total. The average Bonchev–Trinajstić information content (AvgIpc) is 3.21. The number of aryl methyl sites for hydroxylation is 1. The summed E-state index contributed by atoms with van der Waals surface area (Å²) in [6.45, 7) is 9.94. The molecule has 1 saturated heterocycles. The summed E-state index contributed by atoms with van der Waals surface area (Å²) in [7, 11) is 0. The van der Waals surface area contributed by atoms with Crippen LogP contribution in [0.15, 0.2) is 30.3 Å². The highest BCUT2D eigenvalue weighted by Crippen LogP contribution is 2.41. The lowest BCUT2D eigenvalue weighted by Gasteiger charge is -2.36. The average molecular weight is 463 g/mol. The van der Waals surface area contributed by atoms with E-state index in [-0.39, 0.29) is 5.91 Å². The molecular formula is C27H34N4OS. The van der Waals surface area contributed by atoms with E-state index in [1.165, 1.54) is 22.2 Å². The van der Waals surface area contributed by atoms with E-state index >= 15 is 0 Å². The summed E-state index contributed by atoms with van der Waals surface area (Å²) >= 11 is 1.89. The van der Waals surface area contributed by atoms with E-state index in [2.05, 4.69) is 25.7 Å². The molecule has 2 aliphatic rings. The maximum atomic E-state index is 12.9. The Morgan fingerprint density at radius 1 is 1.15 bits per heavy atom. The molecule has 0 bridgehead atoms. The van der Waals surface area contributed by atoms with Crippen molar-refractivity contribution < 1.29 is 4.79 Å². The standard InChI is InChI=1S/C27H34N4OS/c1-4-19(3)25-28-26(24-21-11-10-18(2)16-22(21)33-27(24)29-25)31-14-12-30(13-15-31)23(32)17-20-8-6-5-7-9-20/h5-9,18-19H,4,10-17H2,1-3H3/t18-,19-/m1/s1. The SMILES string of the molecule is CC[C@@H](C)c1nc(N2CCN(C(=O)Cc3ccccc3)CC2)c2c3c(sc2n1)C[C@H](C)CC3. The lowest BCUT2D eigenvalue weighted by molar-refractivity contribution is -0.130. The molecule has 1 amide bonds. The van der Waals surface area contributed by atoms with Crippen LogP contribution in [0, 0.1) is 5.92 Å². The van der Waals surface area contributed by atoms with Crippen molar-refractivity contribution in [3.05, 3.63) is 52.2 Å². The third-order valence-electron chi connectivity index (χ3n) is 7.34. The second-order valence-electron chi connectivity index (χ2n) is 9.78. The van der Waals surface area contributed by atoms with Gasteiger partial charge in [0, 0.05) is 37.0 Å². The van der Waals surface area contributed by atoms with Gasteiger partial charge in [0.2, 0.25) is 5.91 Å². The number of carbonyl (C=O) groups is 1. The van der Waals surface area contributed by atoms with E-state index < -0.39 is 0 Å². The molecule has 174 valence electrons. The first-order valence-electron chi connectivity index (χ1n) is 12.4. The van der Waals surface area contributed by atoms with Gasteiger partial charge in [-0.05, 0) is 42.7 Å². The van der Waals surface area contributed by atoms with Crippen LogP contribution in [0.5, 0.6) is 0 Å². The summed E-state index contributed by atoms with van der Waals surface area (Å²) in [6, 6.07) is 10.0. The van der Waals surface area contributed by atoms with Gasteiger partial charge < -0.3 is 9.80 Å². The molecule has 1 aliphatic carbocycles. The quantitative estimate of drug-likeness (QED) is 0.522. The lowest BCUT2D eigenvalue weighted by Crippen LogP contribution is -2.49. The van der Waals surface area contributed by atoms with Crippen molar-refractivity contribution >= 4 is 33.3 Å². The highest BCUT2D eigenvalue weighted by atomic mass is 32.1. The Hall–Kier alpha value is -2.47. The largest absolute Gasteiger partial charge is 0.352 e. The van der Waals surface area contributed by atoms with Gasteiger partial charge in [-0.3, -0.25) is 4.79 Å². The van der Waals surface area contributed by atoms with Crippen LogP contribution in [-0.4, -0.2) is 47.0 Å². The van der Waals surface area contributed by atoms with E-state index in [1.54, 1.807) is 0 Å². The van der Waals surface area contributed by atoms with Gasteiger partial charge in [0.1, 0.15) is 16.5 Å². The van der Waals surface area contributed by atoms with Crippen LogP contribution in [0.3, 0.4) is 0 Å². The lowest BCUT2D eigenvalue weighted by atomic mass is 9.89. The number of benzene rings is 1. The molecule has 2 atom stereocenters. The number of hydrogen-bond donors (Lipinski definition) is 0. The second-order valence-corrected chi connectivity index (χ2v) is 10.9. The van der Waals surface area contributed by atoms with Crippen molar-refractivity contribution in [1.82, 2.24) is 14.9 Å². The first kappa shape index (κ1) is 22.3. The number of carbonyl (C=O) groups excluding carboxylic acids is 1. The van der Waals surface area contributed by atoms with Crippen molar-refractivity contribution in [3.8, 4) is 0 Å². The highest BCUT2D eigenvalue weighted by Gasteiger charge is 2.29. The minimum atomic E-state index is 0.218. The van der Waals surface area contributed by atoms with Gasteiger partial charge in [-0.1, -0.05) is 51.1 Å². The van der Waals surface area contributed by atoms with E-state index in [0.29, 0.717) is 12.3 Å². The van der Waals surface area contributed by atoms with Crippen molar-refractivity contribution in [1.29, 1.82) is 0 Å². The monoisotopic (exact) mass is 462 g/mol. The Morgan fingerprint density at radius 2 is 1.91 bits per heavy atom. The summed E-state index contributed by atoms with van der Waals surface area (Å²) in [6.07, 6.45) is 5.05. The number of rotatable bonds is 5. The topological polar surface area (TPSA) is 49.3 Å². The first-order valence-corrected chi connectivity index (χ1v) is 13.2. The number of nitrogens with zero attached hydrogens (tertiary/aromatic N) is 4. The van der Waals surface area contributed by atoms with Crippen molar-refractivity contribution in [2.24, 2.45) is 5.92 Å². The van der Waals surface area contributed by atoms with Gasteiger partial charge in [0.25, 0.3) is 0 Å². The molecular weight excluding hydrogens is 428 g/mol. The maximum absolute atomic E-state index is 12.9. The van der Waals surface area contributed by atoms with Crippen LogP contribution in [-0.2, 0) is 24.1 Å². The number of amides is 1. The molecule has 6 heteroatoms. The van der Waals surface area contributed by atoms with Crippen LogP contribution in [0.1, 0.15) is 61.4 Å². The summed E-state index contributed by atoms with van der Waals surface area (Å²) in [5.41, 5.74) is 2.57.